The lowest BCUT2D eigenvalue weighted by Gasteiger charge is -2.21. The van der Waals surface area contributed by atoms with E-state index in [1.165, 1.54) is 0 Å². The third-order valence-electron chi connectivity index (χ3n) is 2.63. The molecule has 0 aliphatic carbocycles. The molecular weight excluding hydrogens is 198 g/mol. The number of amidine groups is 1. The maximum absolute atomic E-state index is 11.8. The van der Waals surface area contributed by atoms with Crippen molar-refractivity contribution < 1.29 is 4.21 Å². The lowest BCUT2D eigenvalue weighted by molar-refractivity contribution is 0.321. The molecule has 0 radical (unpaired) electrons. The fraction of sp³-hybridized carbons (Fsp3) is 0.889. The van der Waals surface area contributed by atoms with Crippen molar-refractivity contribution in [3.05, 3.63) is 0 Å². The van der Waals surface area contributed by atoms with Gasteiger partial charge < -0.3 is 5.73 Å². The third kappa shape index (κ3) is 3.06. The van der Waals surface area contributed by atoms with Gasteiger partial charge in [0.1, 0.15) is 5.84 Å². The molecule has 14 heavy (non-hydrogen) atoms. The quantitative estimate of drug-likeness (QED) is 0.511. The van der Waals surface area contributed by atoms with Crippen LogP contribution < -0.4 is 5.73 Å². The van der Waals surface area contributed by atoms with E-state index in [-0.39, 0.29) is 10.6 Å². The summed E-state index contributed by atoms with van der Waals surface area (Å²) in [6, 6.07) is 0. The molecule has 1 fully saturated rings. The highest BCUT2D eigenvalue weighted by atomic mass is 32.2. The van der Waals surface area contributed by atoms with Gasteiger partial charge in [-0.15, -0.1) is 0 Å². The van der Waals surface area contributed by atoms with Crippen molar-refractivity contribution in [2.75, 3.05) is 25.4 Å². The average molecular weight is 217 g/mol. The smallest absolute Gasteiger partial charge is 0.105 e. The Bertz CT molecular complexity index is 252. The van der Waals surface area contributed by atoms with Gasteiger partial charge in [0.15, 0.2) is 0 Å². The summed E-state index contributed by atoms with van der Waals surface area (Å²) in [4.78, 5) is 2.11. The van der Waals surface area contributed by atoms with E-state index in [1.54, 1.807) is 0 Å². The normalized spacial score (nSPS) is 28.3. The first-order chi connectivity index (χ1) is 6.42. The molecule has 0 bridgehead atoms. The predicted molar refractivity (Wildman–Crippen MR) is 60.1 cm³/mol. The summed E-state index contributed by atoms with van der Waals surface area (Å²) in [6.45, 7) is 6.27. The number of nitrogens with two attached hydrogens (primary N) is 1. The summed E-state index contributed by atoms with van der Waals surface area (Å²) in [5, 5.41) is 7.21. The van der Waals surface area contributed by atoms with Crippen molar-refractivity contribution in [3.8, 4) is 0 Å². The van der Waals surface area contributed by atoms with E-state index in [4.69, 9.17) is 11.1 Å². The fourth-order valence-corrected chi connectivity index (χ4v) is 2.84. The topological polar surface area (TPSA) is 70.2 Å². The van der Waals surface area contributed by atoms with Crippen molar-refractivity contribution in [1.82, 2.24) is 4.90 Å². The Labute approximate surface area is 87.8 Å². The lowest BCUT2D eigenvalue weighted by Crippen LogP contribution is -2.35. The minimum absolute atomic E-state index is 0.0917. The number of hydrogen-bond acceptors (Lipinski definition) is 3. The van der Waals surface area contributed by atoms with E-state index < -0.39 is 10.8 Å². The van der Waals surface area contributed by atoms with E-state index in [2.05, 4.69) is 4.90 Å². The molecule has 1 unspecified atom stereocenters. The Kier molecular flexibility index (Phi) is 3.66. The van der Waals surface area contributed by atoms with Crippen LogP contribution in [0.5, 0.6) is 0 Å². The van der Waals surface area contributed by atoms with Gasteiger partial charge in [0.25, 0.3) is 0 Å². The lowest BCUT2D eigenvalue weighted by atomic mass is 10.1. The second-order valence-corrected chi connectivity index (χ2v) is 6.57. The molecule has 1 rings (SSSR count). The van der Waals surface area contributed by atoms with Crippen LogP contribution >= 0.6 is 0 Å². The molecular formula is C9H19N3OS. The van der Waals surface area contributed by atoms with Crippen LogP contribution in [0.15, 0.2) is 0 Å². The molecule has 1 heterocycles. The van der Waals surface area contributed by atoms with Crippen molar-refractivity contribution in [3.63, 3.8) is 0 Å². The summed E-state index contributed by atoms with van der Waals surface area (Å²) in [5.74, 6) is 0.885. The van der Waals surface area contributed by atoms with E-state index in [0.717, 1.165) is 19.5 Å². The van der Waals surface area contributed by atoms with Gasteiger partial charge in [-0.3, -0.25) is 14.5 Å². The Morgan fingerprint density at radius 3 is 2.79 bits per heavy atom. The first-order valence-corrected chi connectivity index (χ1v) is 6.17. The summed E-state index contributed by atoms with van der Waals surface area (Å²) >= 11 is 0. The first-order valence-electron chi connectivity index (χ1n) is 4.85. The average Bonchev–Trinajstić information content (AvgIpc) is 2.17. The number of rotatable bonds is 2. The van der Waals surface area contributed by atoms with Crippen molar-refractivity contribution >= 4 is 16.6 Å². The van der Waals surface area contributed by atoms with Gasteiger partial charge in [0.05, 0.1) is 6.54 Å². The largest absolute Gasteiger partial charge is 0.387 e. The highest BCUT2D eigenvalue weighted by Gasteiger charge is 2.29. The van der Waals surface area contributed by atoms with Gasteiger partial charge in [-0.1, -0.05) is 0 Å². The van der Waals surface area contributed by atoms with Crippen LogP contribution in [0.3, 0.4) is 0 Å². The van der Waals surface area contributed by atoms with E-state index in [9.17, 15) is 4.21 Å². The molecule has 4 nitrogen and oxygen atoms in total. The molecule has 5 heteroatoms. The molecule has 0 aromatic rings. The number of hydrogen-bond donors (Lipinski definition) is 2. The van der Waals surface area contributed by atoms with Crippen LogP contribution in [0.1, 0.15) is 20.3 Å². The van der Waals surface area contributed by atoms with E-state index >= 15 is 0 Å². The van der Waals surface area contributed by atoms with Crippen molar-refractivity contribution in [2.45, 2.75) is 25.0 Å². The molecule has 0 amide bonds. The zero-order valence-corrected chi connectivity index (χ0v) is 9.69. The van der Waals surface area contributed by atoms with Crippen molar-refractivity contribution in [2.24, 2.45) is 5.73 Å². The van der Waals surface area contributed by atoms with Gasteiger partial charge in [0, 0.05) is 34.4 Å². The zero-order chi connectivity index (χ0) is 10.8. The summed E-state index contributed by atoms with van der Waals surface area (Å²) in [7, 11) is -0.756. The molecule has 1 aliphatic rings. The SMILES string of the molecule is CC1(C)CCN(CC(=N)N)CCS1=O. The standard InChI is InChI=1S/C9H19N3OS/c1-9(2)3-4-12(7-8(10)11)5-6-14(9)13/h3-7H2,1-2H3,(H3,10,11). The van der Waals surface area contributed by atoms with Crippen LogP contribution in [0, 0.1) is 5.41 Å². The molecule has 1 saturated heterocycles. The Morgan fingerprint density at radius 2 is 2.21 bits per heavy atom. The van der Waals surface area contributed by atoms with Gasteiger partial charge >= 0.3 is 0 Å². The Morgan fingerprint density at radius 1 is 1.57 bits per heavy atom. The summed E-state index contributed by atoms with van der Waals surface area (Å²) in [6.07, 6.45) is 0.910. The molecule has 1 aliphatic heterocycles. The second-order valence-electron chi connectivity index (χ2n) is 4.36. The van der Waals surface area contributed by atoms with Gasteiger partial charge in [-0.2, -0.15) is 0 Å². The molecule has 0 aromatic carbocycles. The van der Waals surface area contributed by atoms with Gasteiger partial charge in [-0.25, -0.2) is 0 Å². The summed E-state index contributed by atoms with van der Waals surface area (Å²) in [5.41, 5.74) is 5.34. The zero-order valence-electron chi connectivity index (χ0n) is 8.88. The molecule has 0 spiro atoms. The number of nitrogens with zero attached hydrogens (tertiary/aromatic N) is 1. The van der Waals surface area contributed by atoms with Gasteiger partial charge in [-0.05, 0) is 20.3 Å². The van der Waals surface area contributed by atoms with Crippen LogP contribution in [-0.4, -0.2) is 45.1 Å². The number of nitrogens with one attached hydrogen (secondary N) is 1. The molecule has 1 atom stereocenters. The highest BCUT2D eigenvalue weighted by molar-refractivity contribution is 7.86. The van der Waals surface area contributed by atoms with Crippen molar-refractivity contribution in [1.29, 1.82) is 5.41 Å². The fourth-order valence-electron chi connectivity index (χ4n) is 1.54. The Hall–Kier alpha value is -0.420. The Balaban J connectivity index is 2.56. The van der Waals surface area contributed by atoms with E-state index in [0.29, 0.717) is 12.3 Å². The maximum Gasteiger partial charge on any atom is 0.105 e. The monoisotopic (exact) mass is 217 g/mol. The highest BCUT2D eigenvalue weighted by Crippen LogP contribution is 2.21. The minimum atomic E-state index is -0.756. The van der Waals surface area contributed by atoms with Gasteiger partial charge in [0.2, 0.25) is 0 Å². The van der Waals surface area contributed by atoms with Crippen LogP contribution in [0.25, 0.3) is 0 Å². The molecule has 0 aromatic heterocycles. The maximum atomic E-state index is 11.8. The summed E-state index contributed by atoms with van der Waals surface area (Å²) < 4.78 is 11.7. The molecule has 82 valence electrons. The molecule has 3 N–H and O–H groups in total. The molecule has 0 saturated carbocycles. The van der Waals surface area contributed by atoms with Crippen LogP contribution in [0.2, 0.25) is 0 Å². The third-order valence-corrected chi connectivity index (χ3v) is 4.62. The van der Waals surface area contributed by atoms with E-state index in [1.807, 2.05) is 13.8 Å². The first kappa shape index (κ1) is 11.7. The van der Waals surface area contributed by atoms with Crippen LogP contribution in [-0.2, 0) is 10.8 Å². The minimum Gasteiger partial charge on any atom is -0.387 e. The van der Waals surface area contributed by atoms with Crippen LogP contribution in [0.4, 0.5) is 0 Å². The second kappa shape index (κ2) is 4.40. The predicted octanol–water partition coefficient (Wildman–Crippen LogP) is 0.155.